The smallest absolute Gasteiger partial charge is 0.235 e. The number of benzene rings is 8. The largest absolute Gasteiger partial charge is 0.308 e. The van der Waals surface area contributed by atoms with Gasteiger partial charge in [-0.3, -0.25) is 4.90 Å². The third-order valence-electron chi connectivity index (χ3n) is 10.9. The van der Waals surface area contributed by atoms with Crippen molar-refractivity contribution in [1.29, 1.82) is 0 Å². The zero-order valence-electron chi connectivity index (χ0n) is 30.4. The highest BCUT2D eigenvalue weighted by atomic mass is 15.3. The van der Waals surface area contributed by atoms with Crippen molar-refractivity contribution < 1.29 is 0 Å². The quantitative estimate of drug-likeness (QED) is 0.178. The lowest BCUT2D eigenvalue weighted by molar-refractivity contribution is 1.11. The van der Waals surface area contributed by atoms with E-state index < -0.39 is 0 Å². The maximum absolute atomic E-state index is 5.42. The molecule has 0 saturated carbocycles. The number of para-hydroxylation sites is 4. The van der Waals surface area contributed by atoms with Crippen LogP contribution >= 0.6 is 0 Å². The van der Waals surface area contributed by atoms with Crippen LogP contribution in [0.15, 0.2) is 206 Å². The van der Waals surface area contributed by atoms with E-state index in [1.807, 2.05) is 6.07 Å². The average molecular weight is 715 g/mol. The van der Waals surface area contributed by atoms with Crippen molar-refractivity contribution in [3.8, 4) is 61.6 Å². The Hall–Kier alpha value is -7.56. The third kappa shape index (κ3) is 5.15. The number of aromatic nitrogens is 3. The SMILES string of the molecule is c1ccc(-c2cc(-c3ccccc3)cc(-n3c4c(c5ccccc53)-c3ccccc3N(c3nc(-c5ccccc5)c5ccccc5n3)c3ccccc3-4)c2)cc1. The van der Waals surface area contributed by atoms with Gasteiger partial charge < -0.3 is 4.57 Å². The van der Waals surface area contributed by atoms with Crippen LogP contribution in [0.3, 0.4) is 0 Å². The van der Waals surface area contributed by atoms with Gasteiger partial charge in [-0.05, 0) is 64.7 Å². The summed E-state index contributed by atoms with van der Waals surface area (Å²) in [5.74, 6) is 0.626. The van der Waals surface area contributed by atoms with Crippen molar-refractivity contribution in [3.05, 3.63) is 206 Å². The minimum atomic E-state index is 0.626. The molecular formula is C52H34N4. The number of hydrogen-bond donors (Lipinski definition) is 0. The van der Waals surface area contributed by atoms with E-state index >= 15 is 0 Å². The van der Waals surface area contributed by atoms with E-state index in [1.54, 1.807) is 0 Å². The highest BCUT2D eigenvalue weighted by Gasteiger charge is 2.32. The number of nitrogens with zero attached hydrogens (tertiary/aromatic N) is 4. The molecular weight excluding hydrogens is 681 g/mol. The molecule has 0 radical (unpaired) electrons. The van der Waals surface area contributed by atoms with Gasteiger partial charge in [-0.2, -0.15) is 0 Å². The number of hydrogen-bond acceptors (Lipinski definition) is 3. The first kappa shape index (κ1) is 31.9. The first-order valence-electron chi connectivity index (χ1n) is 19.0. The van der Waals surface area contributed by atoms with Gasteiger partial charge in [-0.1, -0.05) is 164 Å². The fourth-order valence-electron chi connectivity index (χ4n) is 8.45. The van der Waals surface area contributed by atoms with E-state index in [2.05, 4.69) is 210 Å². The summed E-state index contributed by atoms with van der Waals surface area (Å²) < 4.78 is 2.47. The summed E-state index contributed by atoms with van der Waals surface area (Å²) in [4.78, 5) is 13.0. The van der Waals surface area contributed by atoms with Crippen LogP contribution in [0.25, 0.3) is 83.4 Å². The van der Waals surface area contributed by atoms with Crippen LogP contribution in [0, 0.1) is 0 Å². The Labute approximate surface area is 325 Å². The summed E-state index contributed by atoms with van der Waals surface area (Å²) in [5, 5.41) is 2.20. The maximum Gasteiger partial charge on any atom is 0.235 e. The predicted octanol–water partition coefficient (Wildman–Crippen LogP) is 13.7. The van der Waals surface area contributed by atoms with E-state index in [9.17, 15) is 0 Å². The second-order valence-corrected chi connectivity index (χ2v) is 14.2. The molecule has 10 aromatic rings. The lowest BCUT2D eigenvalue weighted by atomic mass is 9.97. The summed E-state index contributed by atoms with van der Waals surface area (Å²) in [6.45, 7) is 0. The fraction of sp³-hybridized carbons (Fsp3) is 0. The van der Waals surface area contributed by atoms with Crippen molar-refractivity contribution in [2.45, 2.75) is 0 Å². The Morgan fingerprint density at radius 2 is 0.893 bits per heavy atom. The van der Waals surface area contributed by atoms with E-state index in [1.165, 1.54) is 22.1 Å². The zero-order valence-corrected chi connectivity index (χ0v) is 30.4. The molecule has 0 spiro atoms. The summed E-state index contributed by atoms with van der Waals surface area (Å²) in [7, 11) is 0. The Balaban J connectivity index is 1.23. The van der Waals surface area contributed by atoms with Crippen molar-refractivity contribution >= 4 is 39.1 Å². The second kappa shape index (κ2) is 13.1. The van der Waals surface area contributed by atoms with Gasteiger partial charge in [-0.15, -0.1) is 0 Å². The molecule has 0 aliphatic carbocycles. The van der Waals surface area contributed by atoms with Gasteiger partial charge in [0.15, 0.2) is 0 Å². The minimum absolute atomic E-state index is 0.626. The van der Waals surface area contributed by atoms with Crippen LogP contribution in [0.5, 0.6) is 0 Å². The normalized spacial score (nSPS) is 11.9. The van der Waals surface area contributed by atoms with Crippen LogP contribution in [-0.2, 0) is 0 Å². The van der Waals surface area contributed by atoms with Crippen molar-refractivity contribution in [3.63, 3.8) is 0 Å². The topological polar surface area (TPSA) is 34.0 Å². The summed E-state index contributed by atoms with van der Waals surface area (Å²) in [6.07, 6.45) is 0. The molecule has 0 N–H and O–H groups in total. The Morgan fingerprint density at radius 3 is 1.57 bits per heavy atom. The zero-order chi connectivity index (χ0) is 37.0. The molecule has 3 heterocycles. The van der Waals surface area contributed by atoms with Crippen molar-refractivity contribution in [1.82, 2.24) is 14.5 Å². The molecule has 0 saturated heterocycles. The average Bonchev–Trinajstić information content (AvgIpc) is 3.56. The molecule has 56 heavy (non-hydrogen) atoms. The molecule has 0 unspecified atom stereocenters. The molecule has 262 valence electrons. The number of rotatable bonds is 5. The van der Waals surface area contributed by atoms with E-state index in [0.717, 1.165) is 72.7 Å². The number of fused-ring (bicyclic) bond motifs is 8. The first-order chi connectivity index (χ1) is 27.8. The van der Waals surface area contributed by atoms with Gasteiger partial charge in [0.25, 0.3) is 0 Å². The third-order valence-corrected chi connectivity index (χ3v) is 10.9. The molecule has 1 aliphatic rings. The second-order valence-electron chi connectivity index (χ2n) is 14.2. The molecule has 4 heteroatoms. The molecule has 1 aliphatic heterocycles. The van der Waals surface area contributed by atoms with Crippen LogP contribution in [-0.4, -0.2) is 14.5 Å². The highest BCUT2D eigenvalue weighted by molar-refractivity contribution is 6.13. The molecule has 0 atom stereocenters. The van der Waals surface area contributed by atoms with Gasteiger partial charge in [0.1, 0.15) is 0 Å². The minimum Gasteiger partial charge on any atom is -0.308 e. The summed E-state index contributed by atoms with van der Waals surface area (Å²) in [6, 6.07) is 73.4. The molecule has 0 bridgehead atoms. The van der Waals surface area contributed by atoms with Crippen molar-refractivity contribution in [2.24, 2.45) is 0 Å². The van der Waals surface area contributed by atoms with E-state index in [0.29, 0.717) is 5.95 Å². The van der Waals surface area contributed by atoms with Gasteiger partial charge in [0.2, 0.25) is 5.95 Å². The van der Waals surface area contributed by atoms with Crippen LogP contribution in [0.1, 0.15) is 0 Å². The van der Waals surface area contributed by atoms with E-state index in [-0.39, 0.29) is 0 Å². The summed E-state index contributed by atoms with van der Waals surface area (Å²) >= 11 is 0. The molecule has 2 aromatic heterocycles. The van der Waals surface area contributed by atoms with Gasteiger partial charge in [0, 0.05) is 38.7 Å². The van der Waals surface area contributed by atoms with Gasteiger partial charge >= 0.3 is 0 Å². The monoisotopic (exact) mass is 714 g/mol. The van der Waals surface area contributed by atoms with Gasteiger partial charge in [-0.25, -0.2) is 9.97 Å². The Kier molecular flexibility index (Phi) is 7.46. The first-order valence-corrected chi connectivity index (χ1v) is 19.0. The lowest BCUT2D eigenvalue weighted by Gasteiger charge is -2.26. The molecule has 4 nitrogen and oxygen atoms in total. The summed E-state index contributed by atoms with van der Waals surface area (Å²) in [5.41, 5.74) is 16.3. The Morgan fingerprint density at radius 1 is 0.375 bits per heavy atom. The highest BCUT2D eigenvalue weighted by Crippen LogP contribution is 2.54. The van der Waals surface area contributed by atoms with Crippen LogP contribution < -0.4 is 4.90 Å². The number of anilines is 3. The fourth-order valence-corrected chi connectivity index (χ4v) is 8.45. The maximum atomic E-state index is 5.42. The van der Waals surface area contributed by atoms with Gasteiger partial charge in [0.05, 0.1) is 33.8 Å². The van der Waals surface area contributed by atoms with Crippen molar-refractivity contribution in [2.75, 3.05) is 4.90 Å². The molecule has 11 rings (SSSR count). The lowest BCUT2D eigenvalue weighted by Crippen LogP contribution is -2.15. The molecule has 0 fully saturated rings. The van der Waals surface area contributed by atoms with E-state index in [4.69, 9.17) is 9.97 Å². The predicted molar refractivity (Wildman–Crippen MR) is 232 cm³/mol. The molecule has 0 amide bonds. The Bertz CT molecular complexity index is 3020. The standard InChI is InChI=1S/C52H34N4/c1-4-18-35(19-5-1)38-32-39(36-20-6-2-7-21-36)34-40(33-38)55-46-29-15-11-25-42(46)49-43-26-12-16-30-47(43)56(48-31-17-13-27-44(48)51(49)55)52-53-45-28-14-10-24-41(45)50(54-52)37-22-8-3-9-23-37/h1-34H. The van der Waals surface area contributed by atoms with Crippen LogP contribution in [0.2, 0.25) is 0 Å². The molecule has 8 aromatic carbocycles. The van der Waals surface area contributed by atoms with Crippen LogP contribution in [0.4, 0.5) is 17.3 Å².